The zero-order chi connectivity index (χ0) is 10.7. The summed E-state index contributed by atoms with van der Waals surface area (Å²) in [5.41, 5.74) is 13.7. The number of allylic oxidation sites excluding steroid dienone is 2. The lowest BCUT2D eigenvalue weighted by atomic mass is 9.81. The Morgan fingerprint density at radius 3 is 2.80 bits per heavy atom. The van der Waals surface area contributed by atoms with E-state index in [0.29, 0.717) is 12.0 Å². The van der Waals surface area contributed by atoms with E-state index in [2.05, 4.69) is 18.2 Å². The Kier molecular flexibility index (Phi) is 3.60. The van der Waals surface area contributed by atoms with Crippen LogP contribution in [-0.4, -0.2) is 12.1 Å². The second kappa shape index (κ2) is 4.95. The number of hydrogen-bond acceptors (Lipinski definition) is 2. The maximum Gasteiger partial charge on any atom is 0.0255 e. The molecule has 0 radical (unpaired) electrons. The number of nitrogens with two attached hydrogens (primary N) is 2. The molecule has 2 aliphatic rings. The van der Waals surface area contributed by atoms with Gasteiger partial charge in [0.25, 0.3) is 0 Å². The van der Waals surface area contributed by atoms with Crippen molar-refractivity contribution in [1.29, 1.82) is 0 Å². The van der Waals surface area contributed by atoms with E-state index in [0.717, 1.165) is 12.8 Å². The Labute approximate surface area is 92.4 Å². The molecule has 0 amide bonds. The zero-order valence-corrected chi connectivity index (χ0v) is 9.36. The molecule has 2 heteroatoms. The molecule has 0 aliphatic heterocycles. The predicted octanol–water partition coefficient (Wildman–Crippen LogP) is 2.11. The molecule has 0 aromatic carbocycles. The fourth-order valence-corrected chi connectivity index (χ4v) is 2.65. The summed E-state index contributed by atoms with van der Waals surface area (Å²) >= 11 is 0. The summed E-state index contributed by atoms with van der Waals surface area (Å²) in [5, 5.41) is 0. The molecule has 0 spiro atoms. The summed E-state index contributed by atoms with van der Waals surface area (Å²) in [6.07, 6.45) is 13.8. The highest BCUT2D eigenvalue weighted by Crippen LogP contribution is 2.28. The third-order valence-electron chi connectivity index (χ3n) is 3.71. The van der Waals surface area contributed by atoms with E-state index >= 15 is 0 Å². The molecule has 0 heterocycles. The van der Waals surface area contributed by atoms with Gasteiger partial charge in [0.15, 0.2) is 0 Å². The summed E-state index contributed by atoms with van der Waals surface area (Å²) in [4.78, 5) is 0. The standard InChI is InChI=1S/C13H22N2/c14-12-7-3-1-5-10(12)9-11-6-2-4-8-13(11)15/h3,6-7,10,12-13H,1-2,4-5,8-9,14-15H2. The van der Waals surface area contributed by atoms with Gasteiger partial charge in [-0.05, 0) is 44.4 Å². The fourth-order valence-electron chi connectivity index (χ4n) is 2.65. The Bertz CT molecular complexity index is 268. The van der Waals surface area contributed by atoms with E-state index < -0.39 is 0 Å². The molecule has 0 saturated heterocycles. The lowest BCUT2D eigenvalue weighted by molar-refractivity contribution is 0.407. The molecular weight excluding hydrogens is 184 g/mol. The lowest BCUT2D eigenvalue weighted by Crippen LogP contribution is -2.33. The number of rotatable bonds is 2. The van der Waals surface area contributed by atoms with E-state index in [1.807, 2.05) is 0 Å². The van der Waals surface area contributed by atoms with Crippen molar-refractivity contribution in [3.8, 4) is 0 Å². The van der Waals surface area contributed by atoms with Gasteiger partial charge in [-0.15, -0.1) is 0 Å². The highest BCUT2D eigenvalue weighted by atomic mass is 14.7. The quantitative estimate of drug-likeness (QED) is 0.680. The van der Waals surface area contributed by atoms with Gasteiger partial charge in [-0.2, -0.15) is 0 Å². The second-order valence-corrected chi connectivity index (χ2v) is 4.86. The molecule has 4 N–H and O–H groups in total. The van der Waals surface area contributed by atoms with E-state index in [4.69, 9.17) is 11.5 Å². The first-order chi connectivity index (χ1) is 7.27. The largest absolute Gasteiger partial charge is 0.324 e. The first kappa shape index (κ1) is 10.9. The molecule has 3 unspecified atom stereocenters. The zero-order valence-electron chi connectivity index (χ0n) is 9.36. The minimum absolute atomic E-state index is 0.244. The van der Waals surface area contributed by atoms with Crippen LogP contribution in [0.1, 0.15) is 38.5 Å². The highest BCUT2D eigenvalue weighted by molar-refractivity contribution is 5.16. The molecule has 0 aromatic heterocycles. The van der Waals surface area contributed by atoms with Gasteiger partial charge < -0.3 is 11.5 Å². The van der Waals surface area contributed by atoms with Crippen molar-refractivity contribution in [1.82, 2.24) is 0 Å². The Balaban J connectivity index is 1.95. The molecule has 15 heavy (non-hydrogen) atoms. The molecular formula is C13H22N2. The van der Waals surface area contributed by atoms with Gasteiger partial charge >= 0.3 is 0 Å². The van der Waals surface area contributed by atoms with Crippen LogP contribution in [0.25, 0.3) is 0 Å². The Morgan fingerprint density at radius 2 is 2.07 bits per heavy atom. The van der Waals surface area contributed by atoms with Gasteiger partial charge in [-0.25, -0.2) is 0 Å². The minimum atomic E-state index is 0.244. The van der Waals surface area contributed by atoms with Crippen LogP contribution in [-0.2, 0) is 0 Å². The van der Waals surface area contributed by atoms with Crippen molar-refractivity contribution in [2.45, 2.75) is 50.6 Å². The summed E-state index contributed by atoms with van der Waals surface area (Å²) in [7, 11) is 0. The van der Waals surface area contributed by atoms with Crippen LogP contribution in [0.4, 0.5) is 0 Å². The monoisotopic (exact) mass is 206 g/mol. The van der Waals surface area contributed by atoms with Gasteiger partial charge in [0, 0.05) is 12.1 Å². The third kappa shape index (κ3) is 2.70. The summed E-state index contributed by atoms with van der Waals surface area (Å²) in [6, 6.07) is 0.547. The second-order valence-electron chi connectivity index (χ2n) is 4.86. The molecule has 0 bridgehead atoms. The lowest BCUT2D eigenvalue weighted by Gasteiger charge is -2.29. The smallest absolute Gasteiger partial charge is 0.0255 e. The fraction of sp³-hybridized carbons (Fsp3) is 0.692. The average Bonchev–Trinajstić information content (AvgIpc) is 2.24. The number of hydrogen-bond donors (Lipinski definition) is 2. The predicted molar refractivity (Wildman–Crippen MR) is 64.4 cm³/mol. The SMILES string of the molecule is NC1CCCC=C1CC1CCC=CC1N. The van der Waals surface area contributed by atoms with Crippen LogP contribution in [0.5, 0.6) is 0 Å². The molecule has 3 atom stereocenters. The molecule has 0 aromatic rings. The molecule has 0 saturated carbocycles. The van der Waals surface area contributed by atoms with Gasteiger partial charge in [-0.3, -0.25) is 0 Å². The van der Waals surface area contributed by atoms with E-state index in [1.54, 1.807) is 0 Å². The summed E-state index contributed by atoms with van der Waals surface area (Å²) in [6.45, 7) is 0. The summed E-state index contributed by atoms with van der Waals surface area (Å²) in [5.74, 6) is 0.616. The van der Waals surface area contributed by atoms with Crippen molar-refractivity contribution in [2.24, 2.45) is 17.4 Å². The average molecular weight is 206 g/mol. The van der Waals surface area contributed by atoms with Crippen molar-refractivity contribution in [3.63, 3.8) is 0 Å². The topological polar surface area (TPSA) is 52.0 Å². The van der Waals surface area contributed by atoms with Crippen LogP contribution >= 0.6 is 0 Å². The van der Waals surface area contributed by atoms with E-state index in [9.17, 15) is 0 Å². The molecule has 2 rings (SSSR count). The summed E-state index contributed by atoms with van der Waals surface area (Å²) < 4.78 is 0. The molecule has 2 nitrogen and oxygen atoms in total. The molecule has 2 aliphatic carbocycles. The van der Waals surface area contributed by atoms with Gasteiger partial charge in [0.1, 0.15) is 0 Å². The van der Waals surface area contributed by atoms with Gasteiger partial charge in [0.2, 0.25) is 0 Å². The van der Waals surface area contributed by atoms with E-state index in [-0.39, 0.29) is 6.04 Å². The van der Waals surface area contributed by atoms with Gasteiger partial charge in [-0.1, -0.05) is 23.8 Å². The van der Waals surface area contributed by atoms with Crippen molar-refractivity contribution in [3.05, 3.63) is 23.8 Å². The maximum atomic E-state index is 6.11. The van der Waals surface area contributed by atoms with Crippen LogP contribution in [0.2, 0.25) is 0 Å². The highest BCUT2D eigenvalue weighted by Gasteiger charge is 2.22. The van der Waals surface area contributed by atoms with E-state index in [1.165, 1.54) is 31.3 Å². The normalized spacial score (nSPS) is 36.4. The maximum absolute atomic E-state index is 6.11. The van der Waals surface area contributed by atoms with Crippen molar-refractivity contribution < 1.29 is 0 Å². The van der Waals surface area contributed by atoms with Crippen molar-refractivity contribution in [2.75, 3.05) is 0 Å². The van der Waals surface area contributed by atoms with Crippen LogP contribution in [0.3, 0.4) is 0 Å². The van der Waals surface area contributed by atoms with Crippen LogP contribution in [0, 0.1) is 5.92 Å². The Hall–Kier alpha value is -0.600. The van der Waals surface area contributed by atoms with Crippen LogP contribution in [0.15, 0.2) is 23.8 Å². The minimum Gasteiger partial charge on any atom is -0.324 e. The Morgan fingerprint density at radius 1 is 1.20 bits per heavy atom. The molecule has 84 valence electrons. The van der Waals surface area contributed by atoms with Crippen molar-refractivity contribution >= 4 is 0 Å². The first-order valence-corrected chi connectivity index (χ1v) is 6.14. The third-order valence-corrected chi connectivity index (χ3v) is 3.71. The van der Waals surface area contributed by atoms with Crippen LogP contribution < -0.4 is 11.5 Å². The first-order valence-electron chi connectivity index (χ1n) is 6.14. The van der Waals surface area contributed by atoms with Gasteiger partial charge in [0.05, 0.1) is 0 Å². The molecule has 0 fully saturated rings.